The Bertz CT molecular complexity index is 1350. The van der Waals surface area contributed by atoms with Crippen molar-refractivity contribution in [3.63, 3.8) is 0 Å². The van der Waals surface area contributed by atoms with Crippen LogP contribution in [0.2, 0.25) is 0 Å². The SMILES string of the molecule is Cc1c(C(=O)NC(C)c2ccc3c(c2)OCCO3)oc2ccc3c(c12)C(=O)CC1(CCCCCC1)O3. The summed E-state index contributed by atoms with van der Waals surface area (Å²) in [6, 6.07) is 9.02. The molecule has 6 rings (SSSR count). The Hall–Kier alpha value is -3.48. The highest BCUT2D eigenvalue weighted by Crippen LogP contribution is 2.45. The van der Waals surface area contributed by atoms with E-state index in [4.69, 9.17) is 18.6 Å². The predicted molar refractivity (Wildman–Crippen MR) is 134 cm³/mol. The fourth-order valence-corrected chi connectivity index (χ4v) is 5.88. The van der Waals surface area contributed by atoms with E-state index in [0.717, 1.165) is 31.2 Å². The molecule has 1 N–H and O–H groups in total. The minimum atomic E-state index is -0.398. The van der Waals surface area contributed by atoms with Gasteiger partial charge < -0.3 is 23.9 Å². The summed E-state index contributed by atoms with van der Waals surface area (Å²) in [7, 11) is 0. The summed E-state index contributed by atoms with van der Waals surface area (Å²) in [5.41, 5.74) is 2.23. The van der Waals surface area contributed by atoms with Crippen molar-refractivity contribution < 1.29 is 28.2 Å². The van der Waals surface area contributed by atoms with Crippen molar-refractivity contribution in [1.82, 2.24) is 5.32 Å². The number of ether oxygens (including phenoxy) is 3. The fourth-order valence-electron chi connectivity index (χ4n) is 5.88. The average Bonchev–Trinajstić information content (AvgIpc) is 3.06. The van der Waals surface area contributed by atoms with Gasteiger partial charge in [0.15, 0.2) is 23.0 Å². The fraction of sp³-hybridized carbons (Fsp3) is 0.448. The molecule has 36 heavy (non-hydrogen) atoms. The Morgan fingerprint density at radius 1 is 0.972 bits per heavy atom. The zero-order chi connectivity index (χ0) is 24.9. The maximum atomic E-state index is 13.5. The zero-order valence-electron chi connectivity index (χ0n) is 20.8. The second-order valence-electron chi connectivity index (χ2n) is 10.3. The van der Waals surface area contributed by atoms with Crippen molar-refractivity contribution in [3.8, 4) is 17.2 Å². The molecule has 1 fully saturated rings. The van der Waals surface area contributed by atoms with Crippen LogP contribution >= 0.6 is 0 Å². The molecule has 1 aliphatic carbocycles. The van der Waals surface area contributed by atoms with Gasteiger partial charge in [-0.3, -0.25) is 9.59 Å². The molecule has 1 atom stereocenters. The first-order valence-corrected chi connectivity index (χ1v) is 12.9. The van der Waals surface area contributed by atoms with Gasteiger partial charge in [0.05, 0.1) is 18.0 Å². The van der Waals surface area contributed by atoms with Crippen LogP contribution in [0.1, 0.15) is 90.0 Å². The maximum absolute atomic E-state index is 13.5. The van der Waals surface area contributed by atoms with E-state index in [1.165, 1.54) is 12.8 Å². The van der Waals surface area contributed by atoms with Gasteiger partial charge in [-0.2, -0.15) is 0 Å². The van der Waals surface area contributed by atoms with Crippen LogP contribution in [0.3, 0.4) is 0 Å². The number of furan rings is 1. The molecular weight excluding hydrogens is 458 g/mol. The Kier molecular flexibility index (Phi) is 5.66. The van der Waals surface area contributed by atoms with Gasteiger partial charge in [-0.1, -0.05) is 18.9 Å². The minimum Gasteiger partial charge on any atom is -0.486 e. The molecule has 0 bridgehead atoms. The number of carbonyl (C=O) groups is 2. The molecule has 0 radical (unpaired) electrons. The highest BCUT2D eigenvalue weighted by molar-refractivity contribution is 6.13. The number of amides is 1. The molecule has 2 aliphatic heterocycles. The molecule has 7 heteroatoms. The van der Waals surface area contributed by atoms with E-state index < -0.39 is 5.60 Å². The van der Waals surface area contributed by atoms with Gasteiger partial charge in [0.25, 0.3) is 5.91 Å². The number of aryl methyl sites for hydroxylation is 1. The Morgan fingerprint density at radius 3 is 2.47 bits per heavy atom. The number of ketones is 1. The summed E-state index contributed by atoms with van der Waals surface area (Å²) in [4.78, 5) is 26.7. The zero-order valence-corrected chi connectivity index (χ0v) is 20.8. The third-order valence-electron chi connectivity index (χ3n) is 7.78. The Morgan fingerprint density at radius 2 is 1.69 bits per heavy atom. The minimum absolute atomic E-state index is 0.0734. The van der Waals surface area contributed by atoms with Crippen LogP contribution in [-0.2, 0) is 0 Å². The molecule has 2 aromatic carbocycles. The predicted octanol–water partition coefficient (Wildman–Crippen LogP) is 6.06. The van der Waals surface area contributed by atoms with Gasteiger partial charge in [-0.25, -0.2) is 0 Å². The van der Waals surface area contributed by atoms with Gasteiger partial charge in [-0.15, -0.1) is 0 Å². The molecule has 188 valence electrons. The van der Waals surface area contributed by atoms with Crippen molar-refractivity contribution in [2.45, 2.75) is 70.4 Å². The lowest BCUT2D eigenvalue weighted by Crippen LogP contribution is -2.41. The molecule has 3 aromatic rings. The van der Waals surface area contributed by atoms with Crippen molar-refractivity contribution in [2.75, 3.05) is 13.2 Å². The van der Waals surface area contributed by atoms with Gasteiger partial charge in [-0.05, 0) is 69.4 Å². The van der Waals surface area contributed by atoms with E-state index >= 15 is 0 Å². The third kappa shape index (κ3) is 3.91. The molecule has 1 saturated carbocycles. The molecule has 7 nitrogen and oxygen atoms in total. The lowest BCUT2D eigenvalue weighted by atomic mass is 9.83. The lowest BCUT2D eigenvalue weighted by Gasteiger charge is -2.37. The number of hydrogen-bond acceptors (Lipinski definition) is 6. The van der Waals surface area contributed by atoms with E-state index in [0.29, 0.717) is 59.0 Å². The van der Waals surface area contributed by atoms with Crippen LogP contribution in [0, 0.1) is 6.92 Å². The van der Waals surface area contributed by atoms with Crippen molar-refractivity contribution in [3.05, 3.63) is 52.8 Å². The van der Waals surface area contributed by atoms with Crippen LogP contribution in [0.25, 0.3) is 11.0 Å². The Balaban J connectivity index is 1.28. The summed E-state index contributed by atoms with van der Waals surface area (Å²) in [6.07, 6.45) is 6.75. The molecule has 3 aliphatic rings. The number of rotatable bonds is 3. The first-order chi connectivity index (χ1) is 17.4. The maximum Gasteiger partial charge on any atom is 0.287 e. The van der Waals surface area contributed by atoms with E-state index in [2.05, 4.69) is 5.32 Å². The number of carbonyl (C=O) groups excluding carboxylic acids is 2. The highest BCUT2D eigenvalue weighted by Gasteiger charge is 2.42. The Labute approximate surface area is 210 Å². The van der Waals surface area contributed by atoms with E-state index in [-0.39, 0.29) is 23.5 Å². The monoisotopic (exact) mass is 489 g/mol. The van der Waals surface area contributed by atoms with Crippen LogP contribution in [-0.4, -0.2) is 30.5 Å². The topological polar surface area (TPSA) is 87.0 Å². The number of fused-ring (bicyclic) bond motifs is 4. The molecule has 0 saturated heterocycles. The van der Waals surface area contributed by atoms with E-state index in [1.807, 2.05) is 44.2 Å². The van der Waals surface area contributed by atoms with Crippen molar-refractivity contribution in [1.29, 1.82) is 0 Å². The van der Waals surface area contributed by atoms with E-state index in [1.54, 1.807) is 0 Å². The van der Waals surface area contributed by atoms with Crippen LogP contribution < -0.4 is 19.5 Å². The molecule has 3 heterocycles. The van der Waals surface area contributed by atoms with Crippen LogP contribution in [0.4, 0.5) is 0 Å². The van der Waals surface area contributed by atoms with Crippen LogP contribution in [0.5, 0.6) is 17.2 Å². The molecular formula is C29H31NO6. The van der Waals surface area contributed by atoms with Gasteiger partial charge in [0.2, 0.25) is 0 Å². The summed E-state index contributed by atoms with van der Waals surface area (Å²) in [6.45, 7) is 4.78. The first-order valence-electron chi connectivity index (χ1n) is 12.9. The summed E-state index contributed by atoms with van der Waals surface area (Å²) in [5.74, 6) is 1.95. The first kappa shape index (κ1) is 23.0. The molecule has 1 spiro atoms. The van der Waals surface area contributed by atoms with Gasteiger partial charge in [0, 0.05) is 10.9 Å². The highest BCUT2D eigenvalue weighted by atomic mass is 16.6. The second kappa shape index (κ2) is 8.87. The quantitative estimate of drug-likeness (QED) is 0.481. The average molecular weight is 490 g/mol. The summed E-state index contributed by atoms with van der Waals surface area (Å²) >= 11 is 0. The summed E-state index contributed by atoms with van der Waals surface area (Å²) in [5, 5.41) is 3.70. The molecule has 1 aromatic heterocycles. The van der Waals surface area contributed by atoms with E-state index in [9.17, 15) is 9.59 Å². The molecule has 1 amide bonds. The number of hydrogen-bond donors (Lipinski definition) is 1. The largest absolute Gasteiger partial charge is 0.486 e. The van der Waals surface area contributed by atoms with Crippen molar-refractivity contribution >= 4 is 22.7 Å². The van der Waals surface area contributed by atoms with Crippen molar-refractivity contribution in [2.24, 2.45) is 0 Å². The number of Topliss-reactive ketones (excluding diaryl/α,β-unsaturated/α-hetero) is 1. The lowest BCUT2D eigenvalue weighted by molar-refractivity contribution is 0.0301. The standard InChI is InChI=1S/C29H31NO6/c1-17-25-22(9-10-23-26(25)20(31)16-29(36-23)11-5-3-4-6-12-29)35-27(17)28(32)30-18(2)19-7-8-21-24(15-19)34-14-13-33-21/h7-10,15,18H,3-6,11-14,16H2,1-2H3,(H,30,32). The smallest absolute Gasteiger partial charge is 0.287 e. The summed E-state index contributed by atoms with van der Waals surface area (Å²) < 4.78 is 23.8. The number of benzene rings is 2. The van der Waals surface area contributed by atoms with Gasteiger partial charge in [0.1, 0.15) is 30.1 Å². The third-order valence-corrected chi connectivity index (χ3v) is 7.78. The molecule has 1 unspecified atom stereocenters. The second-order valence-corrected chi connectivity index (χ2v) is 10.3. The normalized spacial score (nSPS) is 19.3. The van der Waals surface area contributed by atoms with Crippen LogP contribution in [0.15, 0.2) is 34.7 Å². The number of nitrogens with one attached hydrogen (secondary N) is 1. The van der Waals surface area contributed by atoms with Gasteiger partial charge >= 0.3 is 0 Å².